The summed E-state index contributed by atoms with van der Waals surface area (Å²) in [4.78, 5) is 0. The summed E-state index contributed by atoms with van der Waals surface area (Å²) in [5, 5.41) is 10.6. The molecular weight excluding hydrogens is 222 g/mol. The molecule has 0 atom stereocenters. The van der Waals surface area contributed by atoms with E-state index >= 15 is 0 Å². The second-order valence-corrected chi connectivity index (χ2v) is 6.65. The van der Waals surface area contributed by atoms with Gasteiger partial charge in [-0.1, -0.05) is 39.8 Å². The molecule has 0 unspecified atom stereocenters. The average molecular weight is 247 g/mol. The number of phenolic OH excluding ortho intramolecular Hbond substituents is 1. The van der Waals surface area contributed by atoms with Crippen LogP contribution in [-0.4, -0.2) is 5.11 Å². The fraction of sp³-hybridized carbons (Fsp3) is 0.625. The van der Waals surface area contributed by atoms with Gasteiger partial charge in [0.1, 0.15) is 5.75 Å². The smallest absolute Gasteiger partial charge is 0.124 e. The highest BCUT2D eigenvalue weighted by Crippen LogP contribution is 2.46. The number of nitrogens with two attached hydrogens (primary N) is 1. The molecule has 1 fully saturated rings. The molecule has 0 radical (unpaired) electrons. The number of hydrogen-bond acceptors (Lipinski definition) is 2. The minimum atomic E-state index is -0.296. The van der Waals surface area contributed by atoms with Crippen molar-refractivity contribution in [2.75, 3.05) is 0 Å². The van der Waals surface area contributed by atoms with Crippen molar-refractivity contribution in [2.24, 2.45) is 5.73 Å². The van der Waals surface area contributed by atoms with Crippen molar-refractivity contribution >= 4 is 0 Å². The molecule has 0 heterocycles. The molecule has 1 aliphatic rings. The Kier molecular flexibility index (Phi) is 3.18. The lowest BCUT2D eigenvalue weighted by Crippen LogP contribution is -2.43. The molecular formula is C16H25NO. The number of hydrogen-bond donors (Lipinski definition) is 2. The van der Waals surface area contributed by atoms with Crippen molar-refractivity contribution in [2.45, 2.75) is 64.3 Å². The molecule has 1 aliphatic carbocycles. The molecule has 0 amide bonds. The maximum atomic E-state index is 10.6. The predicted octanol–water partition coefficient (Wildman–Crippen LogP) is 3.59. The van der Waals surface area contributed by atoms with E-state index in [2.05, 4.69) is 39.8 Å². The van der Waals surface area contributed by atoms with Gasteiger partial charge in [0.05, 0.1) is 0 Å². The second-order valence-electron chi connectivity index (χ2n) is 6.65. The van der Waals surface area contributed by atoms with Crippen LogP contribution in [0.5, 0.6) is 5.75 Å². The summed E-state index contributed by atoms with van der Waals surface area (Å²) in [6.07, 6.45) is 4.11. The largest absolute Gasteiger partial charge is 0.507 e. The van der Waals surface area contributed by atoms with Crippen LogP contribution < -0.4 is 5.73 Å². The maximum Gasteiger partial charge on any atom is 0.124 e. The standard InChI is InChI=1S/C16H25NO/c1-5-11-9-12(15(2,3)4)14(18)13(10-11)16(17)7-6-8-16/h9-10,18H,5-8,17H2,1-4H3. The lowest BCUT2D eigenvalue weighted by atomic mass is 9.70. The number of phenols is 1. The first kappa shape index (κ1) is 13.4. The summed E-state index contributed by atoms with van der Waals surface area (Å²) < 4.78 is 0. The van der Waals surface area contributed by atoms with Gasteiger partial charge in [0.25, 0.3) is 0 Å². The SMILES string of the molecule is CCc1cc(C(C)(C)C)c(O)c(C2(N)CCC2)c1. The molecule has 2 nitrogen and oxygen atoms in total. The molecule has 1 aromatic rings. The monoisotopic (exact) mass is 247 g/mol. The van der Waals surface area contributed by atoms with Crippen molar-refractivity contribution in [1.29, 1.82) is 0 Å². The van der Waals surface area contributed by atoms with Crippen molar-refractivity contribution < 1.29 is 5.11 Å². The molecule has 2 rings (SSSR count). The van der Waals surface area contributed by atoms with Crippen molar-refractivity contribution in [1.82, 2.24) is 0 Å². The van der Waals surface area contributed by atoms with E-state index in [1.54, 1.807) is 0 Å². The van der Waals surface area contributed by atoms with E-state index in [-0.39, 0.29) is 11.0 Å². The molecule has 1 aromatic carbocycles. The third-order valence-electron chi connectivity index (χ3n) is 4.17. The van der Waals surface area contributed by atoms with E-state index in [1.165, 1.54) is 5.56 Å². The topological polar surface area (TPSA) is 46.2 Å². The first-order chi connectivity index (χ1) is 8.28. The van der Waals surface area contributed by atoms with Crippen LogP contribution >= 0.6 is 0 Å². The summed E-state index contributed by atoms with van der Waals surface area (Å²) in [5.41, 5.74) is 9.30. The first-order valence-electron chi connectivity index (χ1n) is 6.93. The Balaban J connectivity index is 2.59. The number of benzene rings is 1. The molecule has 1 saturated carbocycles. The third-order valence-corrected chi connectivity index (χ3v) is 4.17. The van der Waals surface area contributed by atoms with Crippen LogP contribution in [0.15, 0.2) is 12.1 Å². The zero-order chi connectivity index (χ0) is 13.6. The van der Waals surface area contributed by atoms with Crippen LogP contribution in [0.2, 0.25) is 0 Å². The Hall–Kier alpha value is -1.02. The van der Waals surface area contributed by atoms with E-state index in [4.69, 9.17) is 5.73 Å². The summed E-state index contributed by atoms with van der Waals surface area (Å²) in [6.45, 7) is 8.55. The Morgan fingerprint density at radius 1 is 1.28 bits per heavy atom. The molecule has 0 bridgehead atoms. The molecule has 2 heteroatoms. The Bertz CT molecular complexity index is 453. The minimum Gasteiger partial charge on any atom is -0.507 e. The third kappa shape index (κ3) is 2.14. The predicted molar refractivity (Wildman–Crippen MR) is 75.9 cm³/mol. The molecule has 0 spiro atoms. The lowest BCUT2D eigenvalue weighted by molar-refractivity contribution is 0.244. The number of aryl methyl sites for hydroxylation is 1. The molecule has 0 saturated heterocycles. The molecule has 0 aromatic heterocycles. The van der Waals surface area contributed by atoms with Gasteiger partial charge in [-0.2, -0.15) is 0 Å². The minimum absolute atomic E-state index is 0.0515. The highest BCUT2D eigenvalue weighted by molar-refractivity contribution is 5.50. The van der Waals surface area contributed by atoms with Crippen LogP contribution in [0.25, 0.3) is 0 Å². The van der Waals surface area contributed by atoms with E-state index < -0.39 is 0 Å². The van der Waals surface area contributed by atoms with E-state index in [0.717, 1.165) is 36.8 Å². The van der Waals surface area contributed by atoms with Gasteiger partial charge in [-0.15, -0.1) is 0 Å². The molecule has 0 aliphatic heterocycles. The summed E-state index contributed by atoms with van der Waals surface area (Å²) >= 11 is 0. The normalized spacial score (nSPS) is 18.5. The summed E-state index contributed by atoms with van der Waals surface area (Å²) in [6, 6.07) is 4.23. The second kappa shape index (κ2) is 4.27. The van der Waals surface area contributed by atoms with Gasteiger partial charge in [-0.25, -0.2) is 0 Å². The van der Waals surface area contributed by atoms with Crippen LogP contribution in [-0.2, 0) is 17.4 Å². The van der Waals surface area contributed by atoms with Crippen molar-refractivity contribution in [3.8, 4) is 5.75 Å². The summed E-state index contributed by atoms with van der Waals surface area (Å²) in [5.74, 6) is 0.418. The van der Waals surface area contributed by atoms with Gasteiger partial charge < -0.3 is 10.8 Å². The fourth-order valence-corrected chi connectivity index (χ4v) is 2.68. The van der Waals surface area contributed by atoms with Gasteiger partial charge in [0.2, 0.25) is 0 Å². The molecule has 18 heavy (non-hydrogen) atoms. The Labute approximate surface area is 110 Å². The van der Waals surface area contributed by atoms with Crippen LogP contribution in [0.3, 0.4) is 0 Å². The van der Waals surface area contributed by atoms with E-state index in [0.29, 0.717) is 5.75 Å². The summed E-state index contributed by atoms with van der Waals surface area (Å²) in [7, 11) is 0. The van der Waals surface area contributed by atoms with Gasteiger partial charge in [0.15, 0.2) is 0 Å². The van der Waals surface area contributed by atoms with E-state index in [1.807, 2.05) is 0 Å². The Morgan fingerprint density at radius 2 is 1.89 bits per heavy atom. The highest BCUT2D eigenvalue weighted by Gasteiger charge is 2.38. The van der Waals surface area contributed by atoms with Gasteiger partial charge in [0, 0.05) is 11.1 Å². The first-order valence-corrected chi connectivity index (χ1v) is 6.93. The quantitative estimate of drug-likeness (QED) is 0.839. The molecule has 100 valence electrons. The Morgan fingerprint density at radius 3 is 2.28 bits per heavy atom. The van der Waals surface area contributed by atoms with Crippen LogP contribution in [0, 0.1) is 0 Å². The maximum absolute atomic E-state index is 10.6. The average Bonchev–Trinajstić information content (AvgIpc) is 2.24. The molecule has 3 N–H and O–H groups in total. The van der Waals surface area contributed by atoms with Crippen LogP contribution in [0.4, 0.5) is 0 Å². The van der Waals surface area contributed by atoms with Gasteiger partial charge in [-0.05, 0) is 42.2 Å². The zero-order valence-corrected chi connectivity index (χ0v) is 12.0. The van der Waals surface area contributed by atoms with E-state index in [9.17, 15) is 5.11 Å². The number of rotatable bonds is 2. The van der Waals surface area contributed by atoms with Crippen molar-refractivity contribution in [3.05, 3.63) is 28.8 Å². The number of aromatic hydroxyl groups is 1. The lowest BCUT2D eigenvalue weighted by Gasteiger charge is -2.40. The highest BCUT2D eigenvalue weighted by atomic mass is 16.3. The van der Waals surface area contributed by atoms with Gasteiger partial charge in [-0.3, -0.25) is 0 Å². The fourth-order valence-electron chi connectivity index (χ4n) is 2.68. The van der Waals surface area contributed by atoms with Crippen LogP contribution in [0.1, 0.15) is 63.6 Å². The van der Waals surface area contributed by atoms with Gasteiger partial charge >= 0.3 is 0 Å². The van der Waals surface area contributed by atoms with Crippen molar-refractivity contribution in [3.63, 3.8) is 0 Å². The zero-order valence-electron chi connectivity index (χ0n) is 12.0.